The highest BCUT2D eigenvalue weighted by molar-refractivity contribution is 7.14. The monoisotopic (exact) mass is 604 g/mol. The molecule has 2 aromatic carbocycles. The molecule has 43 heavy (non-hydrogen) atoms. The van der Waals surface area contributed by atoms with Crippen LogP contribution in [0.5, 0.6) is 5.75 Å². The third-order valence-electron chi connectivity index (χ3n) is 9.08. The van der Waals surface area contributed by atoms with Crippen molar-refractivity contribution in [2.24, 2.45) is 17.8 Å². The van der Waals surface area contributed by atoms with Crippen molar-refractivity contribution in [2.75, 3.05) is 51.4 Å². The molecule has 10 heteroatoms. The number of anilines is 1. The number of thiazole rings is 1. The zero-order valence-electron chi connectivity index (χ0n) is 24.8. The number of nitriles is 1. The van der Waals surface area contributed by atoms with Gasteiger partial charge in [-0.25, -0.2) is 4.98 Å². The Hall–Kier alpha value is -3.04. The Labute approximate surface area is 257 Å². The zero-order chi connectivity index (χ0) is 29.9. The van der Waals surface area contributed by atoms with Crippen molar-refractivity contribution < 1.29 is 24.4 Å². The normalized spacial score (nSPS) is 24.0. The summed E-state index contributed by atoms with van der Waals surface area (Å²) >= 11 is 1.62. The fourth-order valence-electron chi connectivity index (χ4n) is 6.99. The second kappa shape index (κ2) is 13.3. The van der Waals surface area contributed by atoms with Gasteiger partial charge in [-0.3, -0.25) is 4.90 Å². The van der Waals surface area contributed by atoms with Gasteiger partial charge in [0, 0.05) is 62.3 Å². The predicted molar refractivity (Wildman–Crippen MR) is 165 cm³/mol. The summed E-state index contributed by atoms with van der Waals surface area (Å²) in [6, 6.07) is 14.5. The number of ether oxygens (including phenoxy) is 3. The molecule has 2 bridgehead atoms. The number of benzene rings is 2. The van der Waals surface area contributed by atoms with E-state index in [-0.39, 0.29) is 30.5 Å². The van der Waals surface area contributed by atoms with Crippen molar-refractivity contribution in [1.82, 2.24) is 9.88 Å². The average Bonchev–Trinajstić information content (AvgIpc) is 3.60. The second-order valence-electron chi connectivity index (χ2n) is 12.1. The first-order valence-electron chi connectivity index (χ1n) is 15.1. The number of nitrogens with zero attached hydrogens (tertiary/aromatic N) is 4. The smallest absolute Gasteiger partial charge is 0.185 e. The maximum absolute atomic E-state index is 9.95. The highest BCUT2D eigenvalue weighted by Crippen LogP contribution is 2.45. The molecule has 4 atom stereocenters. The highest BCUT2D eigenvalue weighted by atomic mass is 32.1. The van der Waals surface area contributed by atoms with Gasteiger partial charge >= 0.3 is 0 Å². The fraction of sp³-hybridized carbons (Fsp3) is 0.515. The third kappa shape index (κ3) is 6.73. The van der Waals surface area contributed by atoms with E-state index in [2.05, 4.69) is 40.3 Å². The summed E-state index contributed by atoms with van der Waals surface area (Å²) in [6.07, 6.45) is 0.896. The molecule has 2 saturated heterocycles. The standard InChI is InChI=1S/C33H40N4O5S/c1-21-3-8-30(28(11-21)29-20-43-33(35-29)37-15-23-6-7-24(16-37)31(23)32(38)39)42-18-25-5-4-22(12-26(25)13-34)14-36-9-10-41-27(17-36)19-40-2/h3-5,8,11-12,20,23-24,27,31-32,38-39H,6-7,9-10,14-19H2,1-2H3/t23-,24+,27?,31+. The Morgan fingerprint density at radius 2 is 1.95 bits per heavy atom. The van der Waals surface area contributed by atoms with E-state index in [1.165, 1.54) is 0 Å². The summed E-state index contributed by atoms with van der Waals surface area (Å²) in [4.78, 5) is 9.65. The van der Waals surface area contributed by atoms with E-state index in [1.54, 1.807) is 18.4 Å². The van der Waals surface area contributed by atoms with Crippen LogP contribution in [0, 0.1) is 36.0 Å². The van der Waals surface area contributed by atoms with Gasteiger partial charge < -0.3 is 29.3 Å². The van der Waals surface area contributed by atoms with Crippen LogP contribution in [0.4, 0.5) is 5.13 Å². The van der Waals surface area contributed by atoms with Gasteiger partial charge in [-0.2, -0.15) is 5.26 Å². The van der Waals surface area contributed by atoms with Crippen LogP contribution in [0.15, 0.2) is 41.8 Å². The first-order chi connectivity index (χ1) is 20.9. The van der Waals surface area contributed by atoms with Gasteiger partial charge in [-0.05, 0) is 55.4 Å². The molecule has 9 nitrogen and oxygen atoms in total. The number of hydrogen-bond acceptors (Lipinski definition) is 10. The second-order valence-corrected chi connectivity index (χ2v) is 12.9. The van der Waals surface area contributed by atoms with E-state index in [0.29, 0.717) is 18.8 Å². The van der Waals surface area contributed by atoms with Gasteiger partial charge in [0.1, 0.15) is 12.4 Å². The van der Waals surface area contributed by atoms with Crippen molar-refractivity contribution >= 4 is 16.5 Å². The van der Waals surface area contributed by atoms with Gasteiger partial charge in [0.25, 0.3) is 0 Å². The Morgan fingerprint density at radius 1 is 1.14 bits per heavy atom. The molecule has 3 aliphatic rings. The highest BCUT2D eigenvalue weighted by Gasteiger charge is 2.45. The van der Waals surface area contributed by atoms with E-state index < -0.39 is 6.29 Å². The predicted octanol–water partition coefficient (Wildman–Crippen LogP) is 4.19. The number of aliphatic hydroxyl groups is 2. The molecule has 2 aliphatic heterocycles. The summed E-state index contributed by atoms with van der Waals surface area (Å²) < 4.78 is 17.4. The van der Waals surface area contributed by atoms with Crippen molar-refractivity contribution in [1.29, 1.82) is 5.26 Å². The minimum Gasteiger partial charge on any atom is -0.488 e. The van der Waals surface area contributed by atoms with Crippen LogP contribution in [0.2, 0.25) is 0 Å². The molecule has 1 unspecified atom stereocenters. The maximum atomic E-state index is 9.95. The van der Waals surface area contributed by atoms with Gasteiger partial charge in [0.05, 0.1) is 36.6 Å². The minimum atomic E-state index is -1.24. The lowest BCUT2D eigenvalue weighted by molar-refractivity contribution is -0.109. The van der Waals surface area contributed by atoms with E-state index in [1.807, 2.05) is 24.3 Å². The minimum absolute atomic E-state index is 0.0348. The molecule has 0 spiro atoms. The number of morpholine rings is 1. The molecule has 0 amide bonds. The summed E-state index contributed by atoms with van der Waals surface area (Å²) in [5.41, 5.74) is 5.47. The SMILES string of the molecule is COCC1CN(Cc2ccc(COc3ccc(C)cc3-c3csc(N4C[C@H]5CC[C@@H](C4)[C@H]5C(O)O)n3)c(C#N)c2)CCO1. The molecule has 3 aromatic rings. The van der Waals surface area contributed by atoms with E-state index in [9.17, 15) is 15.5 Å². The molecule has 6 rings (SSSR count). The Balaban J connectivity index is 1.14. The molecule has 0 radical (unpaired) electrons. The number of piperidine rings is 1. The van der Waals surface area contributed by atoms with Crippen LogP contribution in [0.1, 0.15) is 35.1 Å². The summed E-state index contributed by atoms with van der Waals surface area (Å²) in [7, 11) is 1.69. The van der Waals surface area contributed by atoms with Crippen molar-refractivity contribution in [3.8, 4) is 23.1 Å². The third-order valence-corrected chi connectivity index (χ3v) is 9.99. The fourth-order valence-corrected chi connectivity index (χ4v) is 7.83. The van der Waals surface area contributed by atoms with Crippen LogP contribution in [0.3, 0.4) is 0 Å². The van der Waals surface area contributed by atoms with Gasteiger partial charge in [-0.1, -0.05) is 23.8 Å². The lowest BCUT2D eigenvalue weighted by Gasteiger charge is -2.38. The average molecular weight is 605 g/mol. The lowest BCUT2D eigenvalue weighted by Crippen LogP contribution is -2.46. The summed E-state index contributed by atoms with van der Waals surface area (Å²) in [5, 5.41) is 32.7. The lowest BCUT2D eigenvalue weighted by atomic mass is 9.85. The molecule has 1 aliphatic carbocycles. The molecule has 1 saturated carbocycles. The molecule has 3 heterocycles. The van der Waals surface area contributed by atoms with Crippen molar-refractivity contribution in [3.63, 3.8) is 0 Å². The molecular weight excluding hydrogens is 564 g/mol. The Kier molecular flexibility index (Phi) is 9.28. The molecular formula is C33H40N4O5S. The number of hydrogen-bond donors (Lipinski definition) is 2. The number of fused-ring (bicyclic) bond motifs is 2. The largest absolute Gasteiger partial charge is 0.488 e. The van der Waals surface area contributed by atoms with Gasteiger partial charge in [0.2, 0.25) is 0 Å². The quantitative estimate of drug-likeness (QED) is 0.329. The maximum Gasteiger partial charge on any atom is 0.185 e. The van der Waals surface area contributed by atoms with Crippen molar-refractivity contribution in [3.05, 3.63) is 64.0 Å². The van der Waals surface area contributed by atoms with E-state index in [0.717, 1.165) is 84.4 Å². The molecule has 228 valence electrons. The van der Waals surface area contributed by atoms with Crippen LogP contribution in [-0.2, 0) is 22.6 Å². The van der Waals surface area contributed by atoms with Crippen LogP contribution >= 0.6 is 11.3 Å². The van der Waals surface area contributed by atoms with Gasteiger partial charge in [-0.15, -0.1) is 11.3 Å². The number of aromatic nitrogens is 1. The van der Waals surface area contributed by atoms with E-state index in [4.69, 9.17) is 19.2 Å². The topological polar surface area (TPSA) is 111 Å². The van der Waals surface area contributed by atoms with Crippen molar-refractivity contribution in [2.45, 2.75) is 45.3 Å². The number of rotatable bonds is 10. The number of aliphatic hydroxyl groups excluding tert-OH is 1. The number of methoxy groups -OCH3 is 1. The van der Waals surface area contributed by atoms with E-state index >= 15 is 0 Å². The Morgan fingerprint density at radius 3 is 2.70 bits per heavy atom. The summed E-state index contributed by atoms with van der Waals surface area (Å²) in [6.45, 7) is 7.61. The molecule has 3 fully saturated rings. The zero-order valence-corrected chi connectivity index (χ0v) is 25.6. The summed E-state index contributed by atoms with van der Waals surface area (Å²) in [5.74, 6) is 1.26. The number of aryl methyl sites for hydroxylation is 1. The Bertz CT molecular complexity index is 1440. The van der Waals surface area contributed by atoms with Crippen LogP contribution in [0.25, 0.3) is 11.3 Å². The molecule has 2 N–H and O–H groups in total. The first-order valence-corrected chi connectivity index (χ1v) is 15.9. The van der Waals surface area contributed by atoms with Crippen LogP contribution < -0.4 is 9.64 Å². The molecule has 1 aromatic heterocycles. The first kappa shape index (κ1) is 30.0. The van der Waals surface area contributed by atoms with Crippen LogP contribution in [-0.4, -0.2) is 79.0 Å². The van der Waals surface area contributed by atoms with Gasteiger partial charge in [0.15, 0.2) is 11.4 Å².